The minimum absolute atomic E-state index is 0.105. The summed E-state index contributed by atoms with van der Waals surface area (Å²) in [6.07, 6.45) is 2.78. The maximum atomic E-state index is 11.4. The van der Waals surface area contributed by atoms with E-state index in [2.05, 4.69) is 10.2 Å². The van der Waals surface area contributed by atoms with E-state index < -0.39 is 42.4 Å². The van der Waals surface area contributed by atoms with Gasteiger partial charge in [0.05, 0.1) is 58.5 Å². The summed E-state index contributed by atoms with van der Waals surface area (Å²) < 4.78 is 21.9. The van der Waals surface area contributed by atoms with Crippen LogP contribution < -0.4 is 18.9 Å². The van der Waals surface area contributed by atoms with E-state index in [0.717, 1.165) is 36.4 Å². The van der Waals surface area contributed by atoms with Gasteiger partial charge in [-0.25, -0.2) is 0 Å². The predicted octanol–water partition coefficient (Wildman–Crippen LogP) is 6.37. The fourth-order valence-electron chi connectivity index (χ4n) is 3.83. The highest BCUT2D eigenvalue weighted by molar-refractivity contribution is 5.84. The molecular formula is C28H20N6O12. The Morgan fingerprint density at radius 3 is 1.20 bits per heavy atom. The molecule has 0 atom stereocenters. The molecule has 18 heteroatoms. The lowest BCUT2D eigenvalue weighted by Crippen LogP contribution is -1.98. The standard InChI is InChI=1S/C28H20N6O12/c1-43-27-11-17(3-7-25(27)45-23-9-5-19(31(35)36)13-21(23)33(39)40)15-29-30-16-18-4-8-26(28(12-18)44-2)46-24-10-6-20(32(37)38)14-22(24)34(41)42/h3-16H,1-2H3/b29-15+,30-16+. The average Bonchev–Trinajstić information content (AvgIpc) is 3.04. The lowest BCUT2D eigenvalue weighted by atomic mass is 10.2. The Morgan fingerprint density at radius 1 is 0.500 bits per heavy atom. The van der Waals surface area contributed by atoms with Crippen molar-refractivity contribution in [3.05, 3.63) is 124 Å². The van der Waals surface area contributed by atoms with Crippen molar-refractivity contribution in [1.29, 1.82) is 0 Å². The molecule has 4 aromatic carbocycles. The molecule has 4 aromatic rings. The Labute approximate surface area is 257 Å². The second kappa shape index (κ2) is 14.0. The first-order valence-corrected chi connectivity index (χ1v) is 12.6. The van der Waals surface area contributed by atoms with Crippen molar-refractivity contribution in [2.24, 2.45) is 10.2 Å². The summed E-state index contributed by atoms with van der Waals surface area (Å²) in [7, 11) is 2.71. The van der Waals surface area contributed by atoms with Crippen molar-refractivity contribution in [1.82, 2.24) is 0 Å². The van der Waals surface area contributed by atoms with Crippen molar-refractivity contribution < 1.29 is 38.6 Å². The van der Waals surface area contributed by atoms with Crippen LogP contribution in [0, 0.1) is 40.5 Å². The van der Waals surface area contributed by atoms with E-state index >= 15 is 0 Å². The van der Waals surface area contributed by atoms with E-state index in [0.29, 0.717) is 11.1 Å². The Balaban J connectivity index is 1.48. The molecular weight excluding hydrogens is 612 g/mol. The van der Waals surface area contributed by atoms with E-state index in [-0.39, 0.29) is 34.5 Å². The maximum Gasteiger partial charge on any atom is 0.318 e. The number of ether oxygens (including phenoxy) is 4. The van der Waals surface area contributed by atoms with Crippen molar-refractivity contribution in [3.63, 3.8) is 0 Å². The number of nitro groups is 4. The fourth-order valence-corrected chi connectivity index (χ4v) is 3.83. The molecule has 0 aliphatic carbocycles. The second-order valence-corrected chi connectivity index (χ2v) is 8.85. The maximum absolute atomic E-state index is 11.4. The first-order valence-electron chi connectivity index (χ1n) is 12.6. The zero-order valence-electron chi connectivity index (χ0n) is 23.7. The van der Waals surface area contributed by atoms with E-state index in [4.69, 9.17) is 18.9 Å². The van der Waals surface area contributed by atoms with Crippen LogP contribution in [0.2, 0.25) is 0 Å². The van der Waals surface area contributed by atoms with E-state index in [1.54, 1.807) is 12.1 Å². The van der Waals surface area contributed by atoms with Crippen LogP contribution in [0.1, 0.15) is 11.1 Å². The number of benzene rings is 4. The number of methoxy groups -OCH3 is 2. The molecule has 0 unspecified atom stereocenters. The molecule has 0 radical (unpaired) electrons. The zero-order chi connectivity index (χ0) is 33.4. The van der Waals surface area contributed by atoms with Gasteiger partial charge in [0, 0.05) is 12.1 Å². The molecule has 0 aliphatic heterocycles. The predicted molar refractivity (Wildman–Crippen MR) is 161 cm³/mol. The van der Waals surface area contributed by atoms with Gasteiger partial charge in [0.15, 0.2) is 23.0 Å². The number of non-ortho nitro benzene ring substituents is 2. The first kappa shape index (κ1) is 31.9. The highest BCUT2D eigenvalue weighted by Gasteiger charge is 2.23. The SMILES string of the molecule is COc1cc(/C=N/N=C/c2ccc(Oc3ccc([N+](=O)[O-])cc3[N+](=O)[O-])c(OC)c2)ccc1Oc1ccc([N+](=O)[O-])cc1[N+](=O)[O-]. The summed E-state index contributed by atoms with van der Waals surface area (Å²) in [5.74, 6) is 0.140. The van der Waals surface area contributed by atoms with Gasteiger partial charge in [-0.15, -0.1) is 0 Å². The van der Waals surface area contributed by atoms with Gasteiger partial charge in [-0.1, -0.05) is 0 Å². The summed E-state index contributed by atoms with van der Waals surface area (Å²) in [4.78, 5) is 41.7. The zero-order valence-corrected chi connectivity index (χ0v) is 23.7. The Hall–Kier alpha value is -6.98. The number of nitro benzene ring substituents is 4. The van der Waals surface area contributed by atoms with Crippen LogP contribution in [-0.4, -0.2) is 46.3 Å². The number of hydrogen-bond acceptors (Lipinski definition) is 14. The van der Waals surface area contributed by atoms with Crippen LogP contribution >= 0.6 is 0 Å². The molecule has 46 heavy (non-hydrogen) atoms. The van der Waals surface area contributed by atoms with Crippen molar-refractivity contribution in [2.45, 2.75) is 0 Å². The first-order chi connectivity index (χ1) is 22.0. The van der Waals surface area contributed by atoms with Gasteiger partial charge in [0.1, 0.15) is 0 Å². The molecule has 0 heterocycles. The number of hydrogen-bond donors (Lipinski definition) is 0. The molecule has 0 fully saturated rings. The van der Waals surface area contributed by atoms with Crippen LogP contribution in [-0.2, 0) is 0 Å². The van der Waals surface area contributed by atoms with Crippen LogP contribution in [0.5, 0.6) is 34.5 Å². The molecule has 18 nitrogen and oxygen atoms in total. The third-order valence-electron chi connectivity index (χ3n) is 6.00. The van der Waals surface area contributed by atoms with E-state index in [1.165, 1.54) is 50.9 Å². The average molecular weight is 632 g/mol. The molecule has 4 rings (SSSR count). The Kier molecular flexibility index (Phi) is 9.72. The molecule has 234 valence electrons. The lowest BCUT2D eigenvalue weighted by Gasteiger charge is -2.11. The van der Waals surface area contributed by atoms with Crippen molar-refractivity contribution >= 4 is 35.2 Å². The number of rotatable bonds is 13. The molecule has 0 spiro atoms. The second-order valence-electron chi connectivity index (χ2n) is 8.85. The van der Waals surface area contributed by atoms with Gasteiger partial charge in [-0.05, 0) is 59.7 Å². The minimum atomic E-state index is -0.797. The third kappa shape index (κ3) is 7.50. The Morgan fingerprint density at radius 2 is 0.870 bits per heavy atom. The van der Waals surface area contributed by atoms with Crippen LogP contribution in [0.3, 0.4) is 0 Å². The molecule has 0 N–H and O–H groups in total. The molecule has 0 saturated carbocycles. The Bertz CT molecular complexity index is 1770. The molecule has 0 amide bonds. The van der Waals surface area contributed by atoms with Gasteiger partial charge in [0.2, 0.25) is 11.5 Å². The smallest absolute Gasteiger partial charge is 0.318 e. The third-order valence-corrected chi connectivity index (χ3v) is 6.00. The van der Waals surface area contributed by atoms with Crippen LogP contribution in [0.4, 0.5) is 22.7 Å². The highest BCUT2D eigenvalue weighted by atomic mass is 16.6. The van der Waals surface area contributed by atoms with E-state index in [1.807, 2.05) is 0 Å². The van der Waals surface area contributed by atoms with Gasteiger partial charge in [-0.2, -0.15) is 10.2 Å². The summed E-state index contributed by atoms with van der Waals surface area (Å²) >= 11 is 0. The van der Waals surface area contributed by atoms with Gasteiger partial charge in [0.25, 0.3) is 11.4 Å². The summed E-state index contributed by atoms with van der Waals surface area (Å²) in [5, 5.41) is 52.8. The monoisotopic (exact) mass is 632 g/mol. The summed E-state index contributed by atoms with van der Waals surface area (Å²) in [6.45, 7) is 0. The van der Waals surface area contributed by atoms with Gasteiger partial charge >= 0.3 is 11.4 Å². The van der Waals surface area contributed by atoms with E-state index in [9.17, 15) is 40.5 Å². The fraction of sp³-hybridized carbons (Fsp3) is 0.0714. The van der Waals surface area contributed by atoms with Crippen molar-refractivity contribution in [3.8, 4) is 34.5 Å². The minimum Gasteiger partial charge on any atom is -0.493 e. The highest BCUT2D eigenvalue weighted by Crippen LogP contribution is 2.39. The van der Waals surface area contributed by atoms with Crippen molar-refractivity contribution in [2.75, 3.05) is 14.2 Å². The van der Waals surface area contributed by atoms with Gasteiger partial charge in [-0.3, -0.25) is 40.5 Å². The largest absolute Gasteiger partial charge is 0.493 e. The number of nitrogens with zero attached hydrogens (tertiary/aromatic N) is 6. The van der Waals surface area contributed by atoms with Crippen LogP contribution in [0.15, 0.2) is 83.0 Å². The summed E-state index contributed by atoms with van der Waals surface area (Å²) in [5.41, 5.74) is -1.08. The topological polar surface area (TPSA) is 234 Å². The molecule has 0 bridgehead atoms. The van der Waals surface area contributed by atoms with Gasteiger partial charge < -0.3 is 18.9 Å². The van der Waals surface area contributed by atoms with Crippen LogP contribution in [0.25, 0.3) is 0 Å². The molecule has 0 aromatic heterocycles. The molecule has 0 aliphatic rings. The normalized spacial score (nSPS) is 10.9. The molecule has 0 saturated heterocycles. The summed E-state index contributed by atoms with van der Waals surface area (Å²) in [6, 6.07) is 15.1. The lowest BCUT2D eigenvalue weighted by molar-refractivity contribution is -0.394. The quantitative estimate of drug-likeness (QED) is 0.0887.